The van der Waals surface area contributed by atoms with E-state index in [4.69, 9.17) is 10.5 Å². The first kappa shape index (κ1) is 17.6. The summed E-state index contributed by atoms with van der Waals surface area (Å²) in [7, 11) is -1.99. The smallest absolute Gasteiger partial charge is 0.183 e. The van der Waals surface area contributed by atoms with E-state index in [1.54, 1.807) is 31.4 Å². The molecule has 1 aliphatic rings. The van der Waals surface area contributed by atoms with E-state index in [9.17, 15) is 8.42 Å². The molecule has 1 saturated carbocycles. The van der Waals surface area contributed by atoms with Crippen LogP contribution < -0.4 is 5.73 Å². The van der Waals surface area contributed by atoms with Gasteiger partial charge in [-0.05, 0) is 36.8 Å². The van der Waals surface area contributed by atoms with E-state index in [0.29, 0.717) is 4.90 Å². The number of nitrogens with two attached hydrogens (primary N) is 1. The number of sulfone groups is 1. The number of aryl methyl sites for hydroxylation is 1. The van der Waals surface area contributed by atoms with E-state index in [1.165, 1.54) is 0 Å². The van der Waals surface area contributed by atoms with Crippen molar-refractivity contribution in [3.8, 4) is 0 Å². The second kappa shape index (κ2) is 6.26. The second-order valence-electron chi connectivity index (χ2n) is 6.35. The third-order valence-electron chi connectivity index (χ3n) is 4.61. The van der Waals surface area contributed by atoms with Gasteiger partial charge in [-0.3, -0.25) is 0 Å². The van der Waals surface area contributed by atoms with Gasteiger partial charge in [-0.1, -0.05) is 45.8 Å². The summed E-state index contributed by atoms with van der Waals surface area (Å²) < 4.78 is 32.4. The predicted molar refractivity (Wildman–Crippen MR) is 97.8 cm³/mol. The highest BCUT2D eigenvalue weighted by Crippen LogP contribution is 2.55. The summed E-state index contributed by atoms with van der Waals surface area (Å²) >= 11 is 3.40. The molecule has 24 heavy (non-hydrogen) atoms. The lowest BCUT2D eigenvalue weighted by Gasteiger charge is -2.11. The van der Waals surface area contributed by atoms with Gasteiger partial charge in [0.05, 0.1) is 22.3 Å². The van der Waals surface area contributed by atoms with Gasteiger partial charge in [0, 0.05) is 17.5 Å². The summed E-state index contributed by atoms with van der Waals surface area (Å²) in [6.45, 7) is 2.12. The maximum Gasteiger partial charge on any atom is 0.183 e. The highest BCUT2D eigenvalue weighted by atomic mass is 79.9. The first-order valence-corrected chi connectivity index (χ1v) is 9.98. The molecule has 2 aromatic carbocycles. The van der Waals surface area contributed by atoms with Gasteiger partial charge in [0.25, 0.3) is 0 Å². The maximum absolute atomic E-state index is 13.1. The second-order valence-corrected chi connectivity index (χ2v) is 9.34. The Balaban J connectivity index is 2.01. The highest BCUT2D eigenvalue weighted by molar-refractivity contribution is 9.10. The molecule has 0 aliphatic heterocycles. The lowest BCUT2D eigenvalue weighted by molar-refractivity contribution is 0.171. The SMILES string of the molecule is COC[C@@]1(N)[C@H](S(=O)(=O)c2ccc(C)cc2)[C@@H]1c1ccc(Br)cc1. The zero-order chi connectivity index (χ0) is 17.5. The van der Waals surface area contributed by atoms with Crippen LogP contribution in [0.4, 0.5) is 0 Å². The zero-order valence-corrected chi connectivity index (χ0v) is 16.0. The highest BCUT2D eigenvalue weighted by Gasteiger charge is 2.69. The molecule has 128 valence electrons. The van der Waals surface area contributed by atoms with E-state index in [-0.39, 0.29) is 12.5 Å². The Kier molecular flexibility index (Phi) is 4.59. The van der Waals surface area contributed by atoms with E-state index in [2.05, 4.69) is 15.9 Å². The van der Waals surface area contributed by atoms with Crippen LogP contribution in [0.25, 0.3) is 0 Å². The third kappa shape index (κ3) is 2.92. The minimum absolute atomic E-state index is 0.198. The number of rotatable bonds is 5. The molecule has 2 N–H and O–H groups in total. The van der Waals surface area contributed by atoms with Crippen molar-refractivity contribution in [2.45, 2.75) is 28.5 Å². The molecule has 0 aromatic heterocycles. The van der Waals surface area contributed by atoms with Crippen LogP contribution in [-0.2, 0) is 14.6 Å². The first-order valence-electron chi connectivity index (χ1n) is 7.64. The summed E-state index contributed by atoms with van der Waals surface area (Å²) in [5, 5.41) is -0.686. The predicted octanol–water partition coefficient (Wildman–Crippen LogP) is 3.04. The quantitative estimate of drug-likeness (QED) is 0.823. The molecule has 0 radical (unpaired) electrons. The molecule has 0 heterocycles. The van der Waals surface area contributed by atoms with Crippen LogP contribution in [-0.4, -0.2) is 32.9 Å². The van der Waals surface area contributed by atoms with Crippen LogP contribution in [0.5, 0.6) is 0 Å². The average molecular weight is 410 g/mol. The first-order chi connectivity index (χ1) is 11.3. The monoisotopic (exact) mass is 409 g/mol. The van der Waals surface area contributed by atoms with Crippen molar-refractivity contribution in [2.75, 3.05) is 13.7 Å². The third-order valence-corrected chi connectivity index (χ3v) is 7.45. The molecule has 0 amide bonds. The van der Waals surface area contributed by atoms with Gasteiger partial charge < -0.3 is 10.5 Å². The van der Waals surface area contributed by atoms with Gasteiger partial charge in [0.2, 0.25) is 0 Å². The van der Waals surface area contributed by atoms with Gasteiger partial charge in [-0.2, -0.15) is 0 Å². The summed E-state index contributed by atoms with van der Waals surface area (Å²) in [5.41, 5.74) is 7.48. The molecule has 1 fully saturated rings. The molecular weight excluding hydrogens is 390 g/mol. The molecule has 0 saturated heterocycles. The average Bonchev–Trinajstić information content (AvgIpc) is 3.15. The Morgan fingerprint density at radius 1 is 1.12 bits per heavy atom. The molecule has 3 atom stereocenters. The summed E-state index contributed by atoms with van der Waals surface area (Å²) in [6.07, 6.45) is 0. The Bertz CT molecular complexity index is 834. The van der Waals surface area contributed by atoms with Crippen molar-refractivity contribution in [1.82, 2.24) is 0 Å². The fourth-order valence-corrected chi connectivity index (χ4v) is 5.90. The number of ether oxygens (including phenoxy) is 1. The van der Waals surface area contributed by atoms with Crippen LogP contribution in [0.1, 0.15) is 17.0 Å². The van der Waals surface area contributed by atoms with Crippen molar-refractivity contribution in [3.63, 3.8) is 0 Å². The van der Waals surface area contributed by atoms with Gasteiger partial charge in [0.15, 0.2) is 9.84 Å². The van der Waals surface area contributed by atoms with Crippen LogP contribution >= 0.6 is 15.9 Å². The molecule has 0 bridgehead atoms. The largest absolute Gasteiger partial charge is 0.383 e. The molecule has 3 rings (SSSR count). The minimum Gasteiger partial charge on any atom is -0.383 e. The maximum atomic E-state index is 13.1. The van der Waals surface area contributed by atoms with Crippen molar-refractivity contribution in [2.24, 2.45) is 5.73 Å². The minimum atomic E-state index is -3.54. The van der Waals surface area contributed by atoms with E-state index < -0.39 is 20.6 Å². The van der Waals surface area contributed by atoms with Gasteiger partial charge >= 0.3 is 0 Å². The summed E-state index contributed by atoms with van der Waals surface area (Å²) in [5.74, 6) is -0.281. The van der Waals surface area contributed by atoms with Crippen LogP contribution in [0.15, 0.2) is 57.9 Å². The zero-order valence-electron chi connectivity index (χ0n) is 13.6. The van der Waals surface area contributed by atoms with E-state index in [0.717, 1.165) is 15.6 Å². The summed E-state index contributed by atoms with van der Waals surface area (Å²) in [4.78, 5) is 0.309. The Labute approximate surface area is 151 Å². The van der Waals surface area contributed by atoms with Crippen molar-refractivity contribution in [1.29, 1.82) is 0 Å². The number of benzene rings is 2. The van der Waals surface area contributed by atoms with Crippen LogP contribution in [0.3, 0.4) is 0 Å². The topological polar surface area (TPSA) is 69.4 Å². The molecule has 4 nitrogen and oxygen atoms in total. The van der Waals surface area contributed by atoms with Crippen molar-refractivity contribution >= 4 is 25.8 Å². The van der Waals surface area contributed by atoms with Crippen molar-refractivity contribution in [3.05, 3.63) is 64.1 Å². The molecule has 1 aliphatic carbocycles. The number of methoxy groups -OCH3 is 1. The fraction of sp³-hybridized carbons (Fsp3) is 0.333. The van der Waals surface area contributed by atoms with Crippen LogP contribution in [0.2, 0.25) is 0 Å². The fourth-order valence-electron chi connectivity index (χ4n) is 3.34. The molecule has 6 heteroatoms. The summed E-state index contributed by atoms with van der Waals surface area (Å²) in [6, 6.07) is 14.5. The Morgan fingerprint density at radius 2 is 1.71 bits per heavy atom. The number of hydrogen-bond acceptors (Lipinski definition) is 4. The van der Waals surface area contributed by atoms with Crippen molar-refractivity contribution < 1.29 is 13.2 Å². The van der Waals surface area contributed by atoms with E-state index >= 15 is 0 Å². The van der Waals surface area contributed by atoms with E-state index in [1.807, 2.05) is 31.2 Å². The molecule has 0 spiro atoms. The lowest BCUT2D eigenvalue weighted by Crippen LogP contribution is -2.35. The van der Waals surface area contributed by atoms with Crippen LogP contribution in [0, 0.1) is 6.92 Å². The molecule has 0 unspecified atom stereocenters. The number of hydrogen-bond donors (Lipinski definition) is 1. The normalized spacial score (nSPS) is 26.3. The van der Waals surface area contributed by atoms with Gasteiger partial charge in [0.1, 0.15) is 0 Å². The molecule has 2 aromatic rings. The Morgan fingerprint density at radius 3 is 2.25 bits per heavy atom. The molecular formula is C18H20BrNO3S. The number of halogens is 1. The van der Waals surface area contributed by atoms with Gasteiger partial charge in [-0.15, -0.1) is 0 Å². The lowest BCUT2D eigenvalue weighted by atomic mass is 10.1. The standard InChI is InChI=1S/C18H20BrNO3S/c1-12-3-9-15(10-4-12)24(21,22)17-16(18(17,20)11-23-2)13-5-7-14(19)8-6-13/h3-10,16-17H,11,20H2,1-2H3/t16-,17+,18-/m0/s1. The Hall–Kier alpha value is -1.21. The van der Waals surface area contributed by atoms with Gasteiger partial charge in [-0.25, -0.2) is 8.42 Å².